The lowest BCUT2D eigenvalue weighted by molar-refractivity contribution is -0.142. The number of rotatable bonds is 10. The summed E-state index contributed by atoms with van der Waals surface area (Å²) in [4.78, 5) is 67.0. The van der Waals surface area contributed by atoms with Gasteiger partial charge in [-0.3, -0.25) is 4.57 Å². The van der Waals surface area contributed by atoms with Crippen LogP contribution in [0.5, 0.6) is 0 Å². The lowest BCUT2D eigenvalue weighted by Gasteiger charge is -2.33. The number of carbonyl (C=O) groups excluding carboxylic acids is 4. The number of fused-ring (bicyclic) bond motifs is 1. The van der Waals surface area contributed by atoms with Crippen molar-refractivity contribution in [3.05, 3.63) is 156 Å². The van der Waals surface area contributed by atoms with Crippen LogP contribution in [0.25, 0.3) is 11.2 Å². The zero-order chi connectivity index (χ0) is 38.3. The largest absolute Gasteiger partial charge is 0.459 e. The molecule has 0 aliphatic carbocycles. The molecule has 14 nitrogen and oxygen atoms in total. The molecule has 3 heterocycles. The molecule has 4 aromatic carbocycles. The molecule has 1 fully saturated rings. The maximum absolute atomic E-state index is 17.6. The first-order chi connectivity index (χ1) is 26.8. The summed E-state index contributed by atoms with van der Waals surface area (Å²) in [5, 5.41) is 0. The molecule has 1 aliphatic heterocycles. The molecular formula is C40H32FN5O9. The number of nitrogens with two attached hydrogens (primary N) is 1. The second-order valence-corrected chi connectivity index (χ2v) is 12.3. The normalized spacial score (nSPS) is 20.8. The van der Waals surface area contributed by atoms with E-state index in [4.69, 9.17) is 29.4 Å². The summed E-state index contributed by atoms with van der Waals surface area (Å²) in [6.45, 7) is -0.661. The molecule has 1 aliphatic rings. The molecule has 6 atom stereocenters. The highest BCUT2D eigenvalue weighted by Gasteiger charge is 2.54. The molecule has 15 heteroatoms. The van der Waals surface area contributed by atoms with Crippen LogP contribution in [0.3, 0.4) is 0 Å². The van der Waals surface area contributed by atoms with Crippen LogP contribution >= 0.6 is 0 Å². The van der Waals surface area contributed by atoms with Crippen molar-refractivity contribution in [1.82, 2.24) is 19.5 Å². The number of carbonyl (C=O) groups is 4. The number of imidazole rings is 1. The van der Waals surface area contributed by atoms with Crippen molar-refractivity contribution >= 4 is 40.9 Å². The van der Waals surface area contributed by atoms with Crippen LogP contribution in [0.4, 0.5) is 10.2 Å². The molecule has 0 bridgehead atoms. The minimum atomic E-state index is -2.39. The highest BCUT2D eigenvalue weighted by Crippen LogP contribution is 2.37. The van der Waals surface area contributed by atoms with Crippen molar-refractivity contribution in [2.24, 2.45) is 0 Å². The summed E-state index contributed by atoms with van der Waals surface area (Å²) >= 11 is 0. The van der Waals surface area contributed by atoms with E-state index in [1.807, 2.05) is 0 Å². The van der Waals surface area contributed by atoms with E-state index in [0.29, 0.717) is 0 Å². The number of aromatic nitrogens is 4. The predicted molar refractivity (Wildman–Crippen MR) is 192 cm³/mol. The fourth-order valence-electron chi connectivity index (χ4n) is 6.01. The highest BCUT2D eigenvalue weighted by molar-refractivity contribution is 5.91. The van der Waals surface area contributed by atoms with Gasteiger partial charge < -0.3 is 29.4 Å². The maximum atomic E-state index is 17.6. The van der Waals surface area contributed by atoms with E-state index in [2.05, 4.69) is 15.0 Å². The number of hydrogen-bond donors (Lipinski definition) is 1. The van der Waals surface area contributed by atoms with Crippen LogP contribution in [-0.4, -0.2) is 80.6 Å². The molecule has 6 aromatic rings. The van der Waals surface area contributed by atoms with Crippen molar-refractivity contribution in [3.8, 4) is 0 Å². The number of alkyl halides is 1. The Hall–Kier alpha value is -7.00. The minimum absolute atomic E-state index is 0.0162. The van der Waals surface area contributed by atoms with Gasteiger partial charge in [0.05, 0.1) is 28.6 Å². The molecule has 55 heavy (non-hydrogen) atoms. The van der Waals surface area contributed by atoms with Gasteiger partial charge in [0, 0.05) is 0 Å². The maximum Gasteiger partial charge on any atom is 0.338 e. The smallest absolute Gasteiger partial charge is 0.338 e. The van der Waals surface area contributed by atoms with E-state index in [1.54, 1.807) is 72.8 Å². The average molecular weight is 746 g/mol. The Morgan fingerprint density at radius 1 is 0.618 bits per heavy atom. The first-order valence-electron chi connectivity index (χ1n) is 17.0. The fourth-order valence-corrected chi connectivity index (χ4v) is 6.01. The molecule has 7 rings (SSSR count). The van der Waals surface area contributed by atoms with Crippen molar-refractivity contribution < 1.29 is 47.3 Å². The molecule has 2 aromatic heterocycles. The van der Waals surface area contributed by atoms with Gasteiger partial charge in [0.2, 0.25) is 0 Å². The molecule has 278 valence electrons. The van der Waals surface area contributed by atoms with E-state index in [0.717, 1.165) is 6.33 Å². The molecular weight excluding hydrogens is 713 g/mol. The first kappa shape index (κ1) is 36.4. The van der Waals surface area contributed by atoms with Crippen molar-refractivity contribution in [3.63, 3.8) is 0 Å². The monoisotopic (exact) mass is 745 g/mol. The topological polar surface area (TPSA) is 184 Å². The average Bonchev–Trinajstić information content (AvgIpc) is 3.63. The van der Waals surface area contributed by atoms with Gasteiger partial charge in [-0.05, 0) is 48.5 Å². The molecule has 0 saturated carbocycles. The first-order valence-corrected chi connectivity index (χ1v) is 17.0. The Morgan fingerprint density at radius 3 is 1.58 bits per heavy atom. The van der Waals surface area contributed by atoms with Gasteiger partial charge in [0.15, 0.2) is 42.2 Å². The number of halogens is 1. The third-order valence-corrected chi connectivity index (χ3v) is 8.72. The predicted octanol–water partition coefficient (Wildman–Crippen LogP) is 5.18. The van der Waals surface area contributed by atoms with Crippen LogP contribution in [0.15, 0.2) is 134 Å². The number of nitrogen functional groups attached to an aromatic ring is 1. The number of esters is 4. The summed E-state index contributed by atoms with van der Waals surface area (Å²) < 4.78 is 48.8. The van der Waals surface area contributed by atoms with E-state index in [1.165, 1.54) is 59.4 Å². The van der Waals surface area contributed by atoms with Gasteiger partial charge in [-0.2, -0.15) is 0 Å². The highest BCUT2D eigenvalue weighted by atomic mass is 19.1. The van der Waals surface area contributed by atoms with E-state index in [9.17, 15) is 19.2 Å². The summed E-state index contributed by atoms with van der Waals surface area (Å²) in [7, 11) is 0. The Bertz CT molecular complexity index is 2280. The molecule has 1 saturated heterocycles. The second kappa shape index (κ2) is 16.3. The van der Waals surface area contributed by atoms with Gasteiger partial charge in [-0.15, -0.1) is 0 Å². The van der Waals surface area contributed by atoms with Gasteiger partial charge in [0.1, 0.15) is 24.6 Å². The quantitative estimate of drug-likeness (QED) is 0.143. The van der Waals surface area contributed by atoms with Crippen molar-refractivity contribution in [1.29, 1.82) is 0 Å². The Labute approximate surface area is 312 Å². The van der Waals surface area contributed by atoms with Crippen LogP contribution in [0.2, 0.25) is 0 Å². The number of anilines is 1. The lowest BCUT2D eigenvalue weighted by atomic mass is 9.99. The Kier molecular flexibility index (Phi) is 10.8. The van der Waals surface area contributed by atoms with Crippen molar-refractivity contribution in [2.75, 3.05) is 12.3 Å². The summed E-state index contributed by atoms with van der Waals surface area (Å²) in [5.74, 6) is -3.68. The van der Waals surface area contributed by atoms with Gasteiger partial charge in [0.25, 0.3) is 0 Å². The molecule has 3 unspecified atom stereocenters. The molecule has 0 amide bonds. The van der Waals surface area contributed by atoms with Crippen LogP contribution in [0, 0.1) is 0 Å². The Balaban J connectivity index is 1.37. The number of hydrogen-bond acceptors (Lipinski definition) is 13. The minimum Gasteiger partial charge on any atom is -0.459 e. The zero-order valence-electron chi connectivity index (χ0n) is 28.8. The summed E-state index contributed by atoms with van der Waals surface area (Å²) in [5.41, 5.74) is 6.55. The van der Waals surface area contributed by atoms with Crippen LogP contribution < -0.4 is 5.73 Å². The van der Waals surface area contributed by atoms with E-state index >= 15 is 4.39 Å². The summed E-state index contributed by atoms with van der Waals surface area (Å²) in [6, 6.07) is 31.4. The fraction of sp³-hybridized carbons (Fsp3) is 0.175. The van der Waals surface area contributed by atoms with Gasteiger partial charge in [-0.1, -0.05) is 72.8 Å². The third-order valence-electron chi connectivity index (χ3n) is 8.72. The van der Waals surface area contributed by atoms with Crippen LogP contribution in [0.1, 0.15) is 47.7 Å². The zero-order valence-corrected chi connectivity index (χ0v) is 28.8. The van der Waals surface area contributed by atoms with Crippen molar-refractivity contribution in [2.45, 2.75) is 36.8 Å². The van der Waals surface area contributed by atoms with E-state index in [-0.39, 0.29) is 39.2 Å². The lowest BCUT2D eigenvalue weighted by Crippen LogP contribution is -2.52. The van der Waals surface area contributed by atoms with Gasteiger partial charge >= 0.3 is 23.9 Å². The SMILES string of the molecule is Nc1ncnc2c1ncn2C1OC(COC(=O)c2ccccc2)[C@@H](OC(=O)c2ccccc2)[C@@H](OC(=O)c2ccccc2)[C@@H](OC(=O)c2ccccc2)C1F. The Morgan fingerprint density at radius 2 is 1.07 bits per heavy atom. The number of benzene rings is 4. The molecule has 2 N–H and O–H groups in total. The summed E-state index contributed by atoms with van der Waals surface area (Å²) in [6.07, 6.45) is -9.11. The molecule has 0 spiro atoms. The van der Waals surface area contributed by atoms with Crippen LogP contribution in [-0.2, 0) is 23.7 Å². The van der Waals surface area contributed by atoms with E-state index < -0.39 is 67.3 Å². The number of ether oxygens (including phenoxy) is 5. The molecule has 0 radical (unpaired) electrons. The number of nitrogens with zero attached hydrogens (tertiary/aromatic N) is 4. The third kappa shape index (κ3) is 8.01. The van der Waals surface area contributed by atoms with Gasteiger partial charge in [-0.25, -0.2) is 38.5 Å². The standard InChI is InChI=1S/C40H32FN5O9/c41-29-32(54-39(49)26-17-9-3-10-18-26)33(55-40(50)27-19-11-4-12-20-27)31(53-38(48)25-15-7-2-8-16-25)28(21-51-37(47)24-13-5-1-6-14-24)52-36(29)46-23-45-30-34(42)43-22-44-35(30)46/h1-20,22-23,28-29,31-33,36H,21H2,(H2,42,43,44)/t28?,29?,31-,32+,33-,36?/m1/s1. The second-order valence-electron chi connectivity index (χ2n) is 12.3.